The molecule has 7 nitrogen and oxygen atoms in total. The highest BCUT2D eigenvalue weighted by Crippen LogP contribution is 2.24. The molecule has 0 aromatic carbocycles. The number of aliphatic imine (C=N–C) groups is 1. The number of methoxy groups -OCH3 is 1. The van der Waals surface area contributed by atoms with E-state index < -0.39 is 12.8 Å². The third-order valence-corrected chi connectivity index (χ3v) is 4.29. The van der Waals surface area contributed by atoms with Crippen LogP contribution in [0.5, 0.6) is 5.88 Å². The van der Waals surface area contributed by atoms with Gasteiger partial charge in [-0.25, -0.2) is 4.98 Å². The van der Waals surface area contributed by atoms with Crippen molar-refractivity contribution in [2.75, 3.05) is 33.9 Å². The molecule has 0 aliphatic carbocycles. The average Bonchev–Trinajstić information content (AvgIpc) is 3.01. The molecule has 10 heteroatoms. The second-order valence-electron chi connectivity index (χ2n) is 6.28. The van der Waals surface area contributed by atoms with Crippen molar-refractivity contribution in [3.8, 4) is 5.88 Å². The molecule has 2 rings (SSSR count). The molecule has 0 bridgehead atoms. The van der Waals surface area contributed by atoms with E-state index in [0.29, 0.717) is 24.6 Å². The van der Waals surface area contributed by atoms with Crippen molar-refractivity contribution in [2.24, 2.45) is 16.8 Å². The van der Waals surface area contributed by atoms with Gasteiger partial charge in [0, 0.05) is 38.4 Å². The lowest BCUT2D eigenvalue weighted by Crippen LogP contribution is -2.40. The maximum atomic E-state index is 12.4. The third-order valence-electron chi connectivity index (χ3n) is 4.29. The van der Waals surface area contributed by atoms with Gasteiger partial charge < -0.3 is 19.7 Å². The number of nitrogens with one attached hydrogen (secondary N) is 1. The fourth-order valence-corrected chi connectivity index (χ4v) is 2.94. The van der Waals surface area contributed by atoms with Crippen LogP contribution in [-0.4, -0.2) is 61.8 Å². The zero-order valence-corrected chi connectivity index (χ0v) is 15.4. The van der Waals surface area contributed by atoms with Gasteiger partial charge in [0.15, 0.2) is 12.6 Å². The summed E-state index contributed by atoms with van der Waals surface area (Å²) in [6, 6.07) is 3.24. The van der Waals surface area contributed by atoms with Gasteiger partial charge in [0.25, 0.3) is 0 Å². The molecule has 2 atom stereocenters. The maximum absolute atomic E-state index is 12.4. The summed E-state index contributed by atoms with van der Waals surface area (Å²) >= 11 is 0. The standard InChI is InChI=1S/C17H23F3N4O3/c1-11-8-24(9-13(11)15(25)26-3)16(21-2)23-7-12-5-4-6-22-14(12)27-10-17(18,19)20/h4-6,11,13H,7-10H2,1-3H3,(H,21,23). The number of pyridine rings is 1. The number of carbonyl (C=O) groups excluding carboxylic acids is 1. The Hall–Kier alpha value is -2.52. The lowest BCUT2D eigenvalue weighted by Gasteiger charge is -2.22. The number of esters is 1. The highest BCUT2D eigenvalue weighted by Gasteiger charge is 2.37. The molecule has 0 spiro atoms. The number of guanidine groups is 1. The minimum absolute atomic E-state index is 0.0833. The predicted molar refractivity (Wildman–Crippen MR) is 92.2 cm³/mol. The number of hydrogen-bond donors (Lipinski definition) is 1. The lowest BCUT2D eigenvalue weighted by molar-refractivity contribution is -0.154. The molecule has 1 aromatic rings. The smallest absolute Gasteiger partial charge is 0.422 e. The van der Waals surface area contributed by atoms with E-state index in [4.69, 9.17) is 9.47 Å². The average molecular weight is 388 g/mol. The Morgan fingerprint density at radius 3 is 2.81 bits per heavy atom. The van der Waals surface area contributed by atoms with Crippen LogP contribution in [0, 0.1) is 11.8 Å². The van der Waals surface area contributed by atoms with Gasteiger partial charge in [-0.2, -0.15) is 13.2 Å². The summed E-state index contributed by atoms with van der Waals surface area (Å²) in [5, 5.41) is 3.09. The van der Waals surface area contributed by atoms with E-state index >= 15 is 0 Å². The molecule has 1 fully saturated rings. The van der Waals surface area contributed by atoms with E-state index in [-0.39, 0.29) is 30.2 Å². The van der Waals surface area contributed by atoms with Crippen LogP contribution in [-0.2, 0) is 16.1 Å². The topological polar surface area (TPSA) is 76.1 Å². The highest BCUT2D eigenvalue weighted by atomic mass is 19.4. The summed E-state index contributed by atoms with van der Waals surface area (Å²) in [5.74, 6) is 0.0344. The summed E-state index contributed by atoms with van der Waals surface area (Å²) in [6.07, 6.45) is -3.07. The van der Waals surface area contributed by atoms with E-state index in [2.05, 4.69) is 15.3 Å². The number of hydrogen-bond acceptors (Lipinski definition) is 5. The molecule has 27 heavy (non-hydrogen) atoms. The van der Waals surface area contributed by atoms with Crippen molar-refractivity contribution in [1.29, 1.82) is 0 Å². The molecule has 0 radical (unpaired) electrons. The van der Waals surface area contributed by atoms with E-state index in [0.717, 1.165) is 0 Å². The quantitative estimate of drug-likeness (QED) is 0.471. The molecule has 1 N–H and O–H groups in total. The van der Waals surface area contributed by atoms with Gasteiger partial charge in [-0.1, -0.05) is 13.0 Å². The first-order chi connectivity index (χ1) is 12.7. The van der Waals surface area contributed by atoms with Crippen LogP contribution >= 0.6 is 0 Å². The van der Waals surface area contributed by atoms with Gasteiger partial charge in [0.05, 0.1) is 13.0 Å². The summed E-state index contributed by atoms with van der Waals surface area (Å²) in [7, 11) is 2.96. The molecule has 0 amide bonds. The molecule has 2 heterocycles. The van der Waals surface area contributed by atoms with Crippen LogP contribution in [0.2, 0.25) is 0 Å². The van der Waals surface area contributed by atoms with Crippen molar-refractivity contribution in [3.05, 3.63) is 23.9 Å². The van der Waals surface area contributed by atoms with Crippen LogP contribution in [0.1, 0.15) is 12.5 Å². The minimum atomic E-state index is -4.44. The zero-order valence-electron chi connectivity index (χ0n) is 15.4. The van der Waals surface area contributed by atoms with Gasteiger partial charge in [0.2, 0.25) is 5.88 Å². The Morgan fingerprint density at radius 1 is 1.44 bits per heavy atom. The van der Waals surface area contributed by atoms with Crippen LogP contribution < -0.4 is 10.1 Å². The summed E-state index contributed by atoms with van der Waals surface area (Å²) in [5.41, 5.74) is 0.472. The van der Waals surface area contributed by atoms with Crippen LogP contribution in [0.25, 0.3) is 0 Å². The van der Waals surface area contributed by atoms with E-state index in [9.17, 15) is 18.0 Å². The zero-order chi connectivity index (χ0) is 20.0. The Morgan fingerprint density at radius 2 is 2.19 bits per heavy atom. The first kappa shape index (κ1) is 20.8. The number of halogens is 3. The minimum Gasteiger partial charge on any atom is -0.469 e. The van der Waals surface area contributed by atoms with E-state index in [1.54, 1.807) is 19.2 Å². The highest BCUT2D eigenvalue weighted by molar-refractivity contribution is 5.82. The Kier molecular flexibility index (Phi) is 6.86. The molecular formula is C17H23F3N4O3. The number of ether oxygens (including phenoxy) is 2. The van der Waals surface area contributed by atoms with Gasteiger partial charge in [-0.05, 0) is 12.0 Å². The summed E-state index contributed by atoms with van der Waals surface area (Å²) < 4.78 is 46.8. The number of aromatic nitrogens is 1. The maximum Gasteiger partial charge on any atom is 0.422 e. The monoisotopic (exact) mass is 388 g/mol. The first-order valence-corrected chi connectivity index (χ1v) is 8.42. The fourth-order valence-electron chi connectivity index (χ4n) is 2.94. The second-order valence-corrected chi connectivity index (χ2v) is 6.28. The molecular weight excluding hydrogens is 365 g/mol. The van der Waals surface area contributed by atoms with Crippen molar-refractivity contribution in [2.45, 2.75) is 19.6 Å². The lowest BCUT2D eigenvalue weighted by atomic mass is 9.99. The molecule has 0 saturated carbocycles. The van der Waals surface area contributed by atoms with Crippen LogP contribution in [0.4, 0.5) is 13.2 Å². The second kappa shape index (κ2) is 8.92. The molecule has 1 aliphatic heterocycles. The van der Waals surface area contributed by atoms with Gasteiger partial charge >= 0.3 is 12.1 Å². The molecule has 1 saturated heterocycles. The molecule has 150 valence electrons. The van der Waals surface area contributed by atoms with Crippen LogP contribution in [0.3, 0.4) is 0 Å². The van der Waals surface area contributed by atoms with Crippen LogP contribution in [0.15, 0.2) is 23.3 Å². The SMILES string of the molecule is CN=C(NCc1cccnc1OCC(F)(F)F)N1CC(C)C(C(=O)OC)C1. The number of likely N-dealkylation sites (tertiary alicyclic amines) is 1. The Bertz CT molecular complexity index is 682. The molecule has 2 unspecified atom stereocenters. The van der Waals surface area contributed by atoms with Crippen molar-refractivity contribution < 1.29 is 27.4 Å². The molecule has 1 aliphatic rings. The van der Waals surface area contributed by atoms with Crippen molar-refractivity contribution >= 4 is 11.9 Å². The van der Waals surface area contributed by atoms with Crippen molar-refractivity contribution in [3.63, 3.8) is 0 Å². The van der Waals surface area contributed by atoms with E-state index in [1.807, 2.05) is 11.8 Å². The third kappa shape index (κ3) is 5.73. The van der Waals surface area contributed by atoms with Gasteiger partial charge in [0.1, 0.15) is 0 Å². The van der Waals surface area contributed by atoms with Gasteiger partial charge in [-0.15, -0.1) is 0 Å². The first-order valence-electron chi connectivity index (χ1n) is 8.42. The van der Waals surface area contributed by atoms with Gasteiger partial charge in [-0.3, -0.25) is 9.79 Å². The normalized spacial score (nSPS) is 20.5. The predicted octanol–water partition coefficient (Wildman–Crippen LogP) is 1.84. The number of alkyl halides is 3. The number of nitrogens with zero attached hydrogens (tertiary/aromatic N) is 3. The largest absolute Gasteiger partial charge is 0.469 e. The van der Waals surface area contributed by atoms with E-state index in [1.165, 1.54) is 13.3 Å². The summed E-state index contributed by atoms with van der Waals surface area (Å²) in [6.45, 7) is 1.80. The number of carbonyl (C=O) groups is 1. The number of rotatable bonds is 5. The summed E-state index contributed by atoms with van der Waals surface area (Å²) in [4.78, 5) is 21.8. The molecule has 1 aromatic heterocycles. The fraction of sp³-hybridized carbons (Fsp3) is 0.588. The van der Waals surface area contributed by atoms with Crippen molar-refractivity contribution in [1.82, 2.24) is 15.2 Å². The Labute approximate surface area is 155 Å². The Balaban J connectivity index is 2.00.